The fraction of sp³-hybridized carbons (Fsp3) is 0.263. The fourth-order valence-electron chi connectivity index (χ4n) is 3.02. The van der Waals surface area contributed by atoms with Crippen molar-refractivity contribution in [3.05, 3.63) is 65.5 Å². The third-order valence-electron chi connectivity index (χ3n) is 4.38. The van der Waals surface area contributed by atoms with Crippen molar-refractivity contribution in [3.63, 3.8) is 0 Å². The quantitative estimate of drug-likeness (QED) is 0.825. The second kappa shape index (κ2) is 7.81. The number of carbonyl (C=O) groups is 1. The molecular formula is C19H17ClF3N3O2. The molecule has 1 aliphatic heterocycles. The zero-order chi connectivity index (χ0) is 20.5. The highest BCUT2D eigenvalue weighted by Gasteiger charge is 2.47. The molecule has 2 aromatic rings. The predicted molar refractivity (Wildman–Crippen MR) is 99.1 cm³/mol. The number of aromatic nitrogens is 1. The Labute approximate surface area is 164 Å². The summed E-state index contributed by atoms with van der Waals surface area (Å²) in [6.45, 7) is 1.21. The summed E-state index contributed by atoms with van der Waals surface area (Å²) in [5.74, 6) is -0.438. The Hall–Kier alpha value is -2.58. The summed E-state index contributed by atoms with van der Waals surface area (Å²) in [4.78, 5) is 16.6. The number of aliphatic hydroxyl groups is 1. The van der Waals surface area contributed by atoms with Crippen molar-refractivity contribution in [2.45, 2.75) is 31.7 Å². The zero-order valence-electron chi connectivity index (χ0n) is 14.8. The van der Waals surface area contributed by atoms with Gasteiger partial charge in [-0.25, -0.2) is 5.01 Å². The standard InChI is InChI=1S/C19H17ClF3N3O2/c1-12(18(28)19(21,22)23)25-16(13-4-6-14(20)7-5-13)8-9-17(27)26(25)15-3-2-10-24-11-15/h2-8,10-12,18,28H,9H2,1H3. The molecule has 2 heterocycles. The zero-order valence-corrected chi connectivity index (χ0v) is 15.5. The van der Waals surface area contributed by atoms with Crippen molar-refractivity contribution in [2.24, 2.45) is 0 Å². The number of rotatable bonds is 4. The van der Waals surface area contributed by atoms with Gasteiger partial charge in [-0.2, -0.15) is 13.2 Å². The largest absolute Gasteiger partial charge is 0.416 e. The Morgan fingerprint density at radius 2 is 1.89 bits per heavy atom. The molecule has 0 bridgehead atoms. The van der Waals surface area contributed by atoms with Gasteiger partial charge in [0, 0.05) is 17.6 Å². The van der Waals surface area contributed by atoms with Crippen LogP contribution < -0.4 is 5.01 Å². The highest BCUT2D eigenvalue weighted by atomic mass is 35.5. The summed E-state index contributed by atoms with van der Waals surface area (Å²) < 4.78 is 39.7. The molecule has 3 rings (SSSR count). The molecule has 0 saturated carbocycles. The molecule has 28 heavy (non-hydrogen) atoms. The van der Waals surface area contributed by atoms with Gasteiger partial charge in [0.1, 0.15) is 0 Å². The van der Waals surface area contributed by atoms with E-state index >= 15 is 0 Å². The van der Waals surface area contributed by atoms with Crippen LogP contribution in [-0.4, -0.2) is 39.3 Å². The Morgan fingerprint density at radius 1 is 1.21 bits per heavy atom. The molecule has 0 spiro atoms. The van der Waals surface area contributed by atoms with Crippen molar-refractivity contribution in [2.75, 3.05) is 5.01 Å². The van der Waals surface area contributed by atoms with Crippen LogP contribution in [0.2, 0.25) is 5.02 Å². The van der Waals surface area contributed by atoms with Crippen molar-refractivity contribution in [1.82, 2.24) is 9.99 Å². The predicted octanol–water partition coefficient (Wildman–Crippen LogP) is 4.04. The van der Waals surface area contributed by atoms with Crippen LogP contribution in [-0.2, 0) is 4.79 Å². The molecule has 1 amide bonds. The van der Waals surface area contributed by atoms with Gasteiger partial charge in [0.25, 0.3) is 0 Å². The van der Waals surface area contributed by atoms with E-state index in [1.807, 2.05) is 0 Å². The van der Waals surface area contributed by atoms with Gasteiger partial charge in [0.05, 0.1) is 23.6 Å². The van der Waals surface area contributed by atoms with Gasteiger partial charge in [0.15, 0.2) is 6.10 Å². The lowest BCUT2D eigenvalue weighted by Gasteiger charge is -2.45. The summed E-state index contributed by atoms with van der Waals surface area (Å²) >= 11 is 5.91. The molecule has 2 atom stereocenters. The minimum Gasteiger partial charge on any atom is -0.382 e. The summed E-state index contributed by atoms with van der Waals surface area (Å²) in [7, 11) is 0. The van der Waals surface area contributed by atoms with Crippen LogP contribution in [0.5, 0.6) is 0 Å². The van der Waals surface area contributed by atoms with Gasteiger partial charge >= 0.3 is 6.18 Å². The number of nitrogens with zero attached hydrogens (tertiary/aromatic N) is 3. The maximum atomic E-state index is 13.2. The van der Waals surface area contributed by atoms with Crippen LogP contribution in [0.15, 0.2) is 54.9 Å². The molecular weight excluding hydrogens is 395 g/mol. The van der Waals surface area contributed by atoms with E-state index < -0.39 is 24.2 Å². The number of pyridine rings is 1. The number of carbonyl (C=O) groups excluding carboxylic acids is 1. The molecule has 0 saturated heterocycles. The summed E-state index contributed by atoms with van der Waals surface area (Å²) in [5, 5.41) is 12.6. The van der Waals surface area contributed by atoms with Crippen molar-refractivity contribution >= 4 is 28.9 Å². The third kappa shape index (κ3) is 3.98. The number of anilines is 1. The number of halogens is 4. The Kier molecular flexibility index (Phi) is 5.62. The Balaban J connectivity index is 2.12. The van der Waals surface area contributed by atoms with Gasteiger partial charge in [-0.05, 0) is 42.8 Å². The number of amides is 1. The Morgan fingerprint density at radius 3 is 2.46 bits per heavy atom. The first-order valence-corrected chi connectivity index (χ1v) is 8.81. The van der Waals surface area contributed by atoms with E-state index in [2.05, 4.69) is 4.98 Å². The first-order valence-electron chi connectivity index (χ1n) is 8.43. The number of hydrazine groups is 1. The first kappa shape index (κ1) is 20.2. The molecule has 9 heteroatoms. The number of hydrogen-bond acceptors (Lipinski definition) is 4. The van der Waals surface area contributed by atoms with E-state index in [0.29, 0.717) is 22.0 Å². The molecule has 1 aromatic carbocycles. The molecule has 1 aliphatic rings. The second-order valence-electron chi connectivity index (χ2n) is 6.29. The average molecular weight is 412 g/mol. The normalized spacial score (nSPS) is 17.4. The Bertz CT molecular complexity index is 872. The molecule has 0 aliphatic carbocycles. The van der Waals surface area contributed by atoms with Gasteiger partial charge in [-0.15, -0.1) is 0 Å². The molecule has 148 valence electrons. The van der Waals surface area contributed by atoms with Crippen LogP contribution in [0.4, 0.5) is 18.9 Å². The molecule has 2 unspecified atom stereocenters. The summed E-state index contributed by atoms with van der Waals surface area (Å²) in [6, 6.07) is 8.15. The van der Waals surface area contributed by atoms with Crippen LogP contribution in [0.3, 0.4) is 0 Å². The third-order valence-corrected chi connectivity index (χ3v) is 4.63. The molecule has 5 nitrogen and oxygen atoms in total. The number of alkyl halides is 3. The maximum Gasteiger partial charge on any atom is 0.416 e. The van der Waals surface area contributed by atoms with Crippen molar-refractivity contribution < 1.29 is 23.1 Å². The van der Waals surface area contributed by atoms with E-state index in [-0.39, 0.29) is 6.42 Å². The lowest BCUT2D eigenvalue weighted by molar-refractivity contribution is -0.217. The minimum absolute atomic E-state index is 0.0157. The van der Waals surface area contributed by atoms with E-state index in [0.717, 1.165) is 10.0 Å². The van der Waals surface area contributed by atoms with Crippen molar-refractivity contribution in [3.8, 4) is 0 Å². The van der Waals surface area contributed by atoms with Gasteiger partial charge in [-0.3, -0.25) is 14.8 Å². The number of hydrogen-bond donors (Lipinski definition) is 1. The number of benzene rings is 1. The molecule has 0 fully saturated rings. The SMILES string of the molecule is CC(C(O)C(F)(F)F)N1C(c2ccc(Cl)cc2)=CCC(=O)N1c1cccnc1. The topological polar surface area (TPSA) is 56.7 Å². The van der Waals surface area contributed by atoms with Crippen LogP contribution in [0.1, 0.15) is 18.9 Å². The average Bonchev–Trinajstić information content (AvgIpc) is 2.67. The highest BCUT2D eigenvalue weighted by molar-refractivity contribution is 6.30. The van der Waals surface area contributed by atoms with Crippen LogP contribution >= 0.6 is 11.6 Å². The van der Waals surface area contributed by atoms with Crippen LogP contribution in [0.25, 0.3) is 5.70 Å². The van der Waals surface area contributed by atoms with Gasteiger partial charge in [-0.1, -0.05) is 23.7 Å². The van der Waals surface area contributed by atoms with Crippen LogP contribution in [0, 0.1) is 0 Å². The van der Waals surface area contributed by atoms with E-state index in [4.69, 9.17) is 11.6 Å². The van der Waals surface area contributed by atoms with Crippen molar-refractivity contribution in [1.29, 1.82) is 0 Å². The summed E-state index contributed by atoms with van der Waals surface area (Å²) in [5.41, 5.74) is 1.22. The molecule has 1 aromatic heterocycles. The highest BCUT2D eigenvalue weighted by Crippen LogP contribution is 2.36. The lowest BCUT2D eigenvalue weighted by atomic mass is 10.0. The van der Waals surface area contributed by atoms with Gasteiger partial charge in [0.2, 0.25) is 5.91 Å². The second-order valence-corrected chi connectivity index (χ2v) is 6.73. The fourth-order valence-corrected chi connectivity index (χ4v) is 3.14. The van der Waals surface area contributed by atoms with Gasteiger partial charge < -0.3 is 5.11 Å². The van der Waals surface area contributed by atoms with E-state index in [9.17, 15) is 23.1 Å². The monoisotopic (exact) mass is 411 g/mol. The summed E-state index contributed by atoms with van der Waals surface area (Å²) in [6.07, 6.45) is -3.13. The van der Waals surface area contributed by atoms with E-state index in [1.165, 1.54) is 25.4 Å². The first-order chi connectivity index (χ1) is 13.2. The minimum atomic E-state index is -4.86. The molecule has 0 radical (unpaired) electrons. The maximum absolute atomic E-state index is 13.2. The lowest BCUT2D eigenvalue weighted by Crippen LogP contribution is -2.58. The van der Waals surface area contributed by atoms with E-state index in [1.54, 1.807) is 36.4 Å². The number of aliphatic hydroxyl groups excluding tert-OH is 1. The molecule has 1 N–H and O–H groups in total. The smallest absolute Gasteiger partial charge is 0.382 e.